The summed E-state index contributed by atoms with van der Waals surface area (Å²) in [4.78, 5) is 24.7. The molecule has 0 aliphatic rings. The zero-order valence-electron chi connectivity index (χ0n) is 15.1. The molecule has 0 atom stereocenters. The highest BCUT2D eigenvalue weighted by Crippen LogP contribution is 2.23. The van der Waals surface area contributed by atoms with Crippen molar-refractivity contribution in [1.29, 1.82) is 0 Å². The van der Waals surface area contributed by atoms with E-state index in [1.54, 1.807) is 24.3 Å². The number of rotatable bonds is 6. The van der Waals surface area contributed by atoms with Gasteiger partial charge in [-0.15, -0.1) is 11.8 Å². The van der Waals surface area contributed by atoms with Crippen molar-refractivity contribution >= 4 is 35.0 Å². The molecule has 0 fully saturated rings. The summed E-state index contributed by atoms with van der Waals surface area (Å²) < 4.78 is 13.5. The highest BCUT2D eigenvalue weighted by molar-refractivity contribution is 8.00. The number of hydrogen-bond acceptors (Lipinski definition) is 3. The van der Waals surface area contributed by atoms with Crippen molar-refractivity contribution < 1.29 is 14.0 Å². The van der Waals surface area contributed by atoms with Crippen LogP contribution in [0, 0.1) is 11.2 Å². The predicted molar refractivity (Wildman–Crippen MR) is 105 cm³/mol. The van der Waals surface area contributed by atoms with Gasteiger partial charge in [-0.05, 0) is 41.8 Å². The molecule has 26 heavy (non-hydrogen) atoms. The van der Waals surface area contributed by atoms with E-state index in [-0.39, 0.29) is 28.7 Å². The lowest BCUT2D eigenvalue weighted by atomic mass is 9.92. The average Bonchev–Trinajstić information content (AvgIpc) is 2.54. The Morgan fingerprint density at radius 3 is 2.23 bits per heavy atom. The SMILES string of the molecule is CC(C)(C)CC(=O)Nc1ccc(SCC(=O)Nc2ccccc2F)cc1. The Bertz CT molecular complexity index is 770. The quantitative estimate of drug-likeness (QED) is 0.705. The molecule has 0 radical (unpaired) electrons. The van der Waals surface area contributed by atoms with Gasteiger partial charge in [-0.2, -0.15) is 0 Å². The molecule has 2 aromatic rings. The Hall–Kier alpha value is -2.34. The molecule has 0 saturated heterocycles. The van der Waals surface area contributed by atoms with Gasteiger partial charge in [0.15, 0.2) is 0 Å². The molecular formula is C20H23FN2O2S. The first-order valence-electron chi connectivity index (χ1n) is 8.30. The summed E-state index contributed by atoms with van der Waals surface area (Å²) in [7, 11) is 0. The Kier molecular flexibility index (Phi) is 6.80. The van der Waals surface area contributed by atoms with Crippen LogP contribution in [-0.4, -0.2) is 17.6 Å². The minimum atomic E-state index is -0.457. The van der Waals surface area contributed by atoms with E-state index in [1.807, 2.05) is 32.9 Å². The van der Waals surface area contributed by atoms with E-state index in [9.17, 15) is 14.0 Å². The molecule has 2 N–H and O–H groups in total. The van der Waals surface area contributed by atoms with Gasteiger partial charge in [-0.1, -0.05) is 32.9 Å². The second-order valence-electron chi connectivity index (χ2n) is 7.13. The number of carbonyl (C=O) groups excluding carboxylic acids is 2. The van der Waals surface area contributed by atoms with Gasteiger partial charge in [-0.3, -0.25) is 9.59 Å². The molecule has 0 aliphatic heterocycles. The fourth-order valence-electron chi connectivity index (χ4n) is 2.22. The molecule has 2 aromatic carbocycles. The monoisotopic (exact) mass is 374 g/mol. The molecule has 0 spiro atoms. The van der Waals surface area contributed by atoms with Crippen molar-refractivity contribution in [1.82, 2.24) is 0 Å². The maximum Gasteiger partial charge on any atom is 0.234 e. The molecule has 0 unspecified atom stereocenters. The molecule has 138 valence electrons. The molecule has 0 heterocycles. The minimum Gasteiger partial charge on any atom is -0.326 e. The van der Waals surface area contributed by atoms with E-state index in [0.717, 1.165) is 10.6 Å². The summed E-state index contributed by atoms with van der Waals surface area (Å²) in [6.07, 6.45) is 0.444. The number of halogens is 1. The van der Waals surface area contributed by atoms with Crippen LogP contribution in [0.1, 0.15) is 27.2 Å². The number of thioether (sulfide) groups is 1. The lowest BCUT2D eigenvalue weighted by molar-refractivity contribution is -0.118. The Balaban J connectivity index is 1.82. The highest BCUT2D eigenvalue weighted by atomic mass is 32.2. The number of benzene rings is 2. The third-order valence-corrected chi connectivity index (χ3v) is 4.36. The van der Waals surface area contributed by atoms with Crippen molar-refractivity contribution in [3.63, 3.8) is 0 Å². The summed E-state index contributed by atoms with van der Waals surface area (Å²) in [6.45, 7) is 6.04. The van der Waals surface area contributed by atoms with Crippen LogP contribution in [0.5, 0.6) is 0 Å². The van der Waals surface area contributed by atoms with Crippen molar-refractivity contribution in [2.75, 3.05) is 16.4 Å². The van der Waals surface area contributed by atoms with Crippen LogP contribution in [0.15, 0.2) is 53.4 Å². The first-order valence-corrected chi connectivity index (χ1v) is 9.29. The topological polar surface area (TPSA) is 58.2 Å². The van der Waals surface area contributed by atoms with E-state index in [2.05, 4.69) is 10.6 Å². The van der Waals surface area contributed by atoms with Gasteiger partial charge in [0.25, 0.3) is 0 Å². The normalized spacial score (nSPS) is 11.1. The third-order valence-electron chi connectivity index (χ3n) is 3.35. The summed E-state index contributed by atoms with van der Waals surface area (Å²) in [5.41, 5.74) is 0.834. The van der Waals surface area contributed by atoms with E-state index < -0.39 is 5.82 Å². The molecular weight excluding hydrogens is 351 g/mol. The van der Waals surface area contributed by atoms with E-state index in [4.69, 9.17) is 0 Å². The van der Waals surface area contributed by atoms with Crippen LogP contribution in [0.4, 0.5) is 15.8 Å². The molecule has 6 heteroatoms. The minimum absolute atomic E-state index is 0.0258. The Morgan fingerprint density at radius 1 is 0.962 bits per heavy atom. The van der Waals surface area contributed by atoms with Gasteiger partial charge in [0.2, 0.25) is 11.8 Å². The highest BCUT2D eigenvalue weighted by Gasteiger charge is 2.15. The van der Waals surface area contributed by atoms with Crippen molar-refractivity contribution in [3.8, 4) is 0 Å². The van der Waals surface area contributed by atoms with Gasteiger partial charge in [0.1, 0.15) is 5.82 Å². The molecule has 0 aromatic heterocycles. The number of nitrogens with one attached hydrogen (secondary N) is 2. The lowest BCUT2D eigenvalue weighted by Crippen LogP contribution is -2.19. The Morgan fingerprint density at radius 2 is 1.62 bits per heavy atom. The smallest absolute Gasteiger partial charge is 0.234 e. The second-order valence-corrected chi connectivity index (χ2v) is 8.18. The van der Waals surface area contributed by atoms with E-state index >= 15 is 0 Å². The van der Waals surface area contributed by atoms with Crippen molar-refractivity contribution in [2.24, 2.45) is 5.41 Å². The molecule has 0 bridgehead atoms. The number of amides is 2. The van der Waals surface area contributed by atoms with Gasteiger partial charge >= 0.3 is 0 Å². The van der Waals surface area contributed by atoms with Gasteiger partial charge in [-0.25, -0.2) is 4.39 Å². The van der Waals surface area contributed by atoms with Crippen molar-refractivity contribution in [3.05, 3.63) is 54.3 Å². The van der Waals surface area contributed by atoms with Crippen LogP contribution < -0.4 is 10.6 Å². The van der Waals surface area contributed by atoms with Crippen molar-refractivity contribution in [2.45, 2.75) is 32.1 Å². The molecule has 2 amide bonds. The number of anilines is 2. The fourth-order valence-corrected chi connectivity index (χ4v) is 2.92. The first kappa shape index (κ1) is 20.0. The molecule has 0 saturated carbocycles. The van der Waals surface area contributed by atoms with E-state index in [1.165, 1.54) is 23.9 Å². The summed E-state index contributed by atoms with van der Waals surface area (Å²) >= 11 is 1.34. The first-order chi connectivity index (χ1) is 12.2. The van der Waals surface area contributed by atoms with Crippen LogP contribution >= 0.6 is 11.8 Å². The molecule has 4 nitrogen and oxygen atoms in total. The zero-order valence-corrected chi connectivity index (χ0v) is 16.0. The maximum absolute atomic E-state index is 13.5. The lowest BCUT2D eigenvalue weighted by Gasteiger charge is -2.17. The van der Waals surface area contributed by atoms with Crippen LogP contribution in [0.25, 0.3) is 0 Å². The maximum atomic E-state index is 13.5. The second kappa shape index (κ2) is 8.85. The summed E-state index contributed by atoms with van der Waals surface area (Å²) in [5, 5.41) is 5.41. The van der Waals surface area contributed by atoms with Crippen LogP contribution in [0.3, 0.4) is 0 Å². The predicted octanol–water partition coefficient (Wildman–Crippen LogP) is 4.93. The summed E-state index contributed by atoms with van der Waals surface area (Å²) in [6, 6.07) is 13.3. The average molecular weight is 374 g/mol. The van der Waals surface area contributed by atoms with E-state index in [0.29, 0.717) is 6.42 Å². The number of carbonyl (C=O) groups is 2. The number of para-hydroxylation sites is 1. The zero-order chi connectivity index (χ0) is 19.2. The van der Waals surface area contributed by atoms with Crippen LogP contribution in [-0.2, 0) is 9.59 Å². The summed E-state index contributed by atoms with van der Waals surface area (Å²) in [5.74, 6) is -0.588. The largest absolute Gasteiger partial charge is 0.326 e. The third kappa shape index (κ3) is 6.88. The molecule has 0 aliphatic carbocycles. The number of hydrogen-bond donors (Lipinski definition) is 2. The van der Waals surface area contributed by atoms with Gasteiger partial charge in [0, 0.05) is 17.0 Å². The standard InChI is InChI=1S/C20H23FN2O2S/c1-20(2,3)12-18(24)22-14-8-10-15(11-9-14)26-13-19(25)23-17-7-5-4-6-16(17)21/h4-11H,12-13H2,1-3H3,(H,22,24)(H,23,25). The van der Waals surface area contributed by atoms with Gasteiger partial charge in [0.05, 0.1) is 11.4 Å². The molecule has 2 rings (SSSR count). The fraction of sp³-hybridized carbons (Fsp3) is 0.300. The van der Waals surface area contributed by atoms with Crippen LogP contribution in [0.2, 0.25) is 0 Å². The Labute approximate surface area is 157 Å². The van der Waals surface area contributed by atoms with Gasteiger partial charge < -0.3 is 10.6 Å².